The molecule has 0 bridgehead atoms. The van der Waals surface area contributed by atoms with Crippen LogP contribution in [-0.4, -0.2) is 22.2 Å². The number of hydrogen-bond acceptors (Lipinski definition) is 3. The van der Waals surface area contributed by atoms with Crippen LogP contribution in [0.15, 0.2) is 36.9 Å². The van der Waals surface area contributed by atoms with Gasteiger partial charge in [0, 0.05) is 13.1 Å². The van der Waals surface area contributed by atoms with Crippen molar-refractivity contribution in [3.05, 3.63) is 47.5 Å². The first-order valence-electron chi connectivity index (χ1n) is 7.14. The molecule has 0 radical (unpaired) electrons. The first kappa shape index (κ1) is 19.4. The molecule has 0 aliphatic rings. The molecule has 1 aromatic carbocycles. The number of hydrogen-bond donors (Lipinski definition) is 1. The van der Waals surface area contributed by atoms with Crippen LogP contribution in [0, 0.1) is 0 Å². The Bertz CT molecular complexity index is 582. The van der Waals surface area contributed by atoms with Crippen molar-refractivity contribution in [2.45, 2.75) is 38.2 Å². The average molecular weight is 362 g/mol. The Kier molecular flexibility index (Phi) is 7.28. The minimum atomic E-state index is -3.44. The Morgan fingerprint density at radius 2 is 1.91 bits per heavy atom. The molecule has 0 aromatic heterocycles. The molecule has 1 aromatic rings. The largest absolute Gasteiger partial charge is 0.279 e. The van der Waals surface area contributed by atoms with Gasteiger partial charge in [0.15, 0.2) is 0 Å². The van der Waals surface area contributed by atoms with Crippen molar-refractivity contribution >= 4 is 29.7 Å². The fraction of sp³-hybridized carbons (Fsp3) is 0.467. The first-order valence-corrected chi connectivity index (χ1v) is 12.9. The molecule has 0 amide bonds. The number of sulfonamides is 1. The second kappa shape index (κ2) is 8.26. The maximum atomic E-state index is 12.0. The lowest BCUT2D eigenvalue weighted by Crippen LogP contribution is -2.32. The van der Waals surface area contributed by atoms with Gasteiger partial charge >= 0.3 is 0 Å². The Morgan fingerprint density at radius 3 is 2.41 bits per heavy atom. The van der Waals surface area contributed by atoms with E-state index < -0.39 is 24.2 Å². The molecular weight excluding hydrogens is 338 g/mol. The fourth-order valence-corrected chi connectivity index (χ4v) is 5.69. The third kappa shape index (κ3) is 7.55. The van der Waals surface area contributed by atoms with Crippen LogP contribution < -0.4 is 4.89 Å². The summed E-state index contributed by atoms with van der Waals surface area (Å²) in [5.74, 6) is 0.0874. The molecule has 7 heteroatoms. The SMILES string of the molecule is C=CCC(ONS(=O)(=O)CC[Si](C)(C)C)c1ccc(Cl)cc1. The maximum absolute atomic E-state index is 12.0. The van der Waals surface area contributed by atoms with E-state index in [1.54, 1.807) is 18.2 Å². The van der Waals surface area contributed by atoms with Gasteiger partial charge in [0.2, 0.25) is 10.0 Å². The lowest BCUT2D eigenvalue weighted by Gasteiger charge is -2.19. The van der Waals surface area contributed by atoms with E-state index in [9.17, 15) is 8.42 Å². The van der Waals surface area contributed by atoms with Crippen molar-refractivity contribution in [2.75, 3.05) is 5.75 Å². The van der Waals surface area contributed by atoms with Gasteiger partial charge in [0.05, 0.1) is 5.75 Å². The van der Waals surface area contributed by atoms with E-state index in [4.69, 9.17) is 16.4 Å². The highest BCUT2D eigenvalue weighted by Crippen LogP contribution is 2.23. The number of rotatable bonds is 9. The van der Waals surface area contributed by atoms with Crippen molar-refractivity contribution < 1.29 is 13.3 Å². The van der Waals surface area contributed by atoms with Gasteiger partial charge in [0.25, 0.3) is 0 Å². The summed E-state index contributed by atoms with van der Waals surface area (Å²) in [6, 6.07) is 7.81. The zero-order valence-electron chi connectivity index (χ0n) is 13.3. The predicted octanol–water partition coefficient (Wildman–Crippen LogP) is 4.15. The van der Waals surface area contributed by atoms with Crippen LogP contribution in [0.5, 0.6) is 0 Å². The third-order valence-electron chi connectivity index (χ3n) is 3.06. The fourth-order valence-electron chi connectivity index (χ4n) is 1.69. The molecule has 1 atom stereocenters. The zero-order chi connectivity index (χ0) is 16.8. The highest BCUT2D eigenvalue weighted by Gasteiger charge is 2.20. The van der Waals surface area contributed by atoms with E-state index in [-0.39, 0.29) is 5.75 Å². The van der Waals surface area contributed by atoms with E-state index >= 15 is 0 Å². The molecule has 4 nitrogen and oxygen atoms in total. The molecule has 0 aliphatic carbocycles. The molecule has 0 heterocycles. The lowest BCUT2D eigenvalue weighted by atomic mass is 10.1. The van der Waals surface area contributed by atoms with Crippen LogP contribution in [0.4, 0.5) is 0 Å². The minimum Gasteiger partial charge on any atom is -0.279 e. The van der Waals surface area contributed by atoms with Gasteiger partial charge in [-0.15, -0.1) is 6.58 Å². The van der Waals surface area contributed by atoms with Crippen LogP contribution in [0.2, 0.25) is 30.7 Å². The van der Waals surface area contributed by atoms with Crippen molar-refractivity contribution in [1.29, 1.82) is 0 Å². The van der Waals surface area contributed by atoms with E-state index in [1.807, 2.05) is 12.1 Å². The topological polar surface area (TPSA) is 55.4 Å². The van der Waals surface area contributed by atoms with Crippen molar-refractivity contribution in [3.8, 4) is 0 Å². The molecule has 22 heavy (non-hydrogen) atoms. The van der Waals surface area contributed by atoms with Crippen LogP contribution in [-0.2, 0) is 14.9 Å². The molecule has 0 saturated carbocycles. The smallest absolute Gasteiger partial charge is 0.233 e. The highest BCUT2D eigenvalue weighted by molar-refractivity contribution is 7.89. The Morgan fingerprint density at radius 1 is 1.32 bits per heavy atom. The van der Waals surface area contributed by atoms with Gasteiger partial charge < -0.3 is 0 Å². The van der Waals surface area contributed by atoms with Gasteiger partial charge in [-0.05, 0) is 30.2 Å². The van der Waals surface area contributed by atoms with Crippen LogP contribution in [0.1, 0.15) is 18.1 Å². The highest BCUT2D eigenvalue weighted by atomic mass is 35.5. The molecule has 1 unspecified atom stereocenters. The molecule has 1 rings (SSSR count). The molecular formula is C15H24ClNO3SSi. The standard InChI is InChI=1S/C15H24ClNO3SSi/c1-5-6-15(13-7-9-14(16)10-8-13)20-17-21(18,19)11-12-22(2,3)4/h5,7-10,15,17H,1,6,11-12H2,2-4H3. The molecule has 0 aliphatic heterocycles. The normalized spacial score (nSPS) is 13.8. The molecule has 0 saturated heterocycles. The summed E-state index contributed by atoms with van der Waals surface area (Å²) < 4.78 is 24.0. The van der Waals surface area contributed by atoms with Crippen LogP contribution >= 0.6 is 11.6 Å². The Hall–Kier alpha value is -0.663. The van der Waals surface area contributed by atoms with Gasteiger partial charge in [-0.3, -0.25) is 4.84 Å². The number of benzene rings is 1. The summed E-state index contributed by atoms with van der Waals surface area (Å²) in [7, 11) is -4.86. The summed E-state index contributed by atoms with van der Waals surface area (Å²) >= 11 is 5.86. The van der Waals surface area contributed by atoms with Crippen molar-refractivity contribution in [2.24, 2.45) is 0 Å². The predicted molar refractivity (Wildman–Crippen MR) is 95.2 cm³/mol. The van der Waals surface area contributed by atoms with E-state index in [0.717, 1.165) is 5.56 Å². The second-order valence-corrected chi connectivity index (χ2v) is 14.3. The minimum absolute atomic E-state index is 0.0874. The van der Waals surface area contributed by atoms with Crippen LogP contribution in [0.25, 0.3) is 0 Å². The molecule has 0 fully saturated rings. The van der Waals surface area contributed by atoms with E-state index in [0.29, 0.717) is 17.5 Å². The Labute approximate surface area is 139 Å². The quantitative estimate of drug-likeness (QED) is 0.408. The summed E-state index contributed by atoms with van der Waals surface area (Å²) in [5.41, 5.74) is 0.845. The zero-order valence-corrected chi connectivity index (χ0v) is 15.9. The van der Waals surface area contributed by atoms with Gasteiger partial charge in [-0.1, -0.05) is 54.3 Å². The summed E-state index contributed by atoms with van der Waals surface area (Å²) in [4.78, 5) is 7.64. The van der Waals surface area contributed by atoms with E-state index in [2.05, 4.69) is 31.1 Å². The lowest BCUT2D eigenvalue weighted by molar-refractivity contribution is 0.0182. The summed E-state index contributed by atoms with van der Waals surface area (Å²) in [6.45, 7) is 10.1. The third-order valence-corrected chi connectivity index (χ3v) is 6.52. The van der Waals surface area contributed by atoms with E-state index in [1.165, 1.54) is 0 Å². The monoisotopic (exact) mass is 361 g/mol. The molecule has 1 N–H and O–H groups in total. The van der Waals surface area contributed by atoms with Gasteiger partial charge in [-0.2, -0.15) is 0 Å². The summed E-state index contributed by atoms with van der Waals surface area (Å²) in [6.07, 6.45) is 1.77. The number of nitrogens with one attached hydrogen (secondary N) is 1. The van der Waals surface area contributed by atoms with Crippen molar-refractivity contribution in [3.63, 3.8) is 0 Å². The molecule has 0 spiro atoms. The van der Waals surface area contributed by atoms with Gasteiger partial charge in [0.1, 0.15) is 6.10 Å². The first-order chi connectivity index (χ1) is 10.1. The van der Waals surface area contributed by atoms with Gasteiger partial charge in [-0.25, -0.2) is 8.42 Å². The second-order valence-electron chi connectivity index (χ2n) is 6.40. The van der Waals surface area contributed by atoms with Crippen molar-refractivity contribution in [1.82, 2.24) is 4.89 Å². The average Bonchev–Trinajstić information content (AvgIpc) is 2.42. The number of halogens is 1. The Balaban J connectivity index is 2.68. The van der Waals surface area contributed by atoms with Crippen LogP contribution in [0.3, 0.4) is 0 Å². The molecule has 124 valence electrons. The maximum Gasteiger partial charge on any atom is 0.233 e. The summed E-state index contributed by atoms with van der Waals surface area (Å²) in [5, 5.41) is 0.622.